The van der Waals surface area contributed by atoms with E-state index in [1.165, 1.54) is 44.9 Å². The van der Waals surface area contributed by atoms with Gasteiger partial charge < -0.3 is 9.47 Å². The second-order valence-electron chi connectivity index (χ2n) is 10.8. The molecule has 1 amide bonds. The topological polar surface area (TPSA) is 101 Å². The second kappa shape index (κ2) is 14.1. The number of carbonyl (C=O) groups is 1. The number of hydrogen-bond acceptors (Lipinski definition) is 8. The number of carbonyl (C=O) groups excluding carboxylic acids is 1. The number of sulfonamides is 1. The number of ether oxygens (including phenoxy) is 2. The van der Waals surface area contributed by atoms with E-state index in [1.54, 1.807) is 13.3 Å². The zero-order chi connectivity index (χ0) is 31.1. The first-order chi connectivity index (χ1) is 20.5. The minimum Gasteiger partial charge on any atom is -0.497 e. The molecule has 0 aliphatic carbocycles. The molecular weight excluding hydrogens is 585 g/mol. The molecular formula is C32H38N4O5S2. The Kier molecular flexibility index (Phi) is 10.5. The quantitative estimate of drug-likeness (QED) is 0.122. The summed E-state index contributed by atoms with van der Waals surface area (Å²) in [5, 5.41) is 6.13. The summed E-state index contributed by atoms with van der Waals surface area (Å²) in [5.41, 5.74) is 1.74. The summed E-state index contributed by atoms with van der Waals surface area (Å²) in [4.78, 5) is 18.7. The first-order valence-corrected chi connectivity index (χ1v) is 16.4. The van der Waals surface area contributed by atoms with Gasteiger partial charge >= 0.3 is 0 Å². The lowest BCUT2D eigenvalue weighted by Gasteiger charge is -2.25. The van der Waals surface area contributed by atoms with Gasteiger partial charge in [-0.3, -0.25) is 4.79 Å². The SMILES string of the molecule is CCOc1ccc(/C=N/N(C(=O)c2ccc(S(=O)(=O)N(CC(C)C)CC(C)C)cc2)c2nc3ccc(OC)cc3s2)cc1. The predicted molar refractivity (Wildman–Crippen MR) is 173 cm³/mol. The van der Waals surface area contributed by atoms with Crippen molar-refractivity contribution < 1.29 is 22.7 Å². The summed E-state index contributed by atoms with van der Waals surface area (Å²) in [7, 11) is -2.15. The number of aromatic nitrogens is 1. The Morgan fingerprint density at radius 2 is 1.58 bits per heavy atom. The molecule has 11 heteroatoms. The number of hydrazone groups is 1. The fourth-order valence-electron chi connectivity index (χ4n) is 4.37. The number of benzene rings is 3. The van der Waals surface area contributed by atoms with Crippen molar-refractivity contribution in [3.8, 4) is 11.5 Å². The minimum absolute atomic E-state index is 0.141. The van der Waals surface area contributed by atoms with Gasteiger partial charge in [-0.25, -0.2) is 13.4 Å². The molecule has 1 aromatic heterocycles. The van der Waals surface area contributed by atoms with Crippen LogP contribution in [0.2, 0.25) is 0 Å². The minimum atomic E-state index is -3.74. The molecule has 4 aromatic rings. The third kappa shape index (κ3) is 7.98. The van der Waals surface area contributed by atoms with Gasteiger partial charge in [0.15, 0.2) is 0 Å². The van der Waals surface area contributed by atoms with Crippen LogP contribution in [-0.2, 0) is 10.0 Å². The summed E-state index contributed by atoms with van der Waals surface area (Å²) in [6, 6.07) is 18.9. The van der Waals surface area contributed by atoms with Gasteiger partial charge in [-0.05, 0) is 91.1 Å². The number of methoxy groups -OCH3 is 1. The number of fused-ring (bicyclic) bond motifs is 1. The Morgan fingerprint density at radius 3 is 2.16 bits per heavy atom. The monoisotopic (exact) mass is 622 g/mol. The lowest BCUT2D eigenvalue weighted by Crippen LogP contribution is -2.37. The van der Waals surface area contributed by atoms with E-state index in [1.807, 2.05) is 77.1 Å². The van der Waals surface area contributed by atoms with Crippen LogP contribution >= 0.6 is 11.3 Å². The second-order valence-corrected chi connectivity index (χ2v) is 13.8. The van der Waals surface area contributed by atoms with Gasteiger partial charge in [0.1, 0.15) is 11.5 Å². The highest BCUT2D eigenvalue weighted by Crippen LogP contribution is 2.32. The van der Waals surface area contributed by atoms with Crippen LogP contribution < -0.4 is 14.5 Å². The molecule has 1 heterocycles. The average Bonchev–Trinajstić information content (AvgIpc) is 3.40. The van der Waals surface area contributed by atoms with Crippen LogP contribution in [0.1, 0.15) is 50.5 Å². The first kappa shape index (κ1) is 32.1. The standard InChI is InChI=1S/C32H38N4O5S2/c1-7-41-26-12-8-24(9-13-26)19-33-36(32-34-29-17-14-27(40-6)18-30(29)42-32)31(37)25-10-15-28(16-11-25)43(38,39)35(20-22(2)3)21-23(4)5/h8-19,22-23H,7,20-21H2,1-6H3/b33-19+. The molecule has 0 bridgehead atoms. The van der Waals surface area contributed by atoms with E-state index < -0.39 is 15.9 Å². The lowest BCUT2D eigenvalue weighted by molar-refractivity contribution is 0.0987. The summed E-state index contributed by atoms with van der Waals surface area (Å²) in [6.45, 7) is 11.3. The van der Waals surface area contributed by atoms with Gasteiger partial charge in [-0.15, -0.1) is 0 Å². The van der Waals surface area contributed by atoms with E-state index >= 15 is 0 Å². The van der Waals surface area contributed by atoms with E-state index in [0.717, 1.165) is 16.0 Å². The van der Waals surface area contributed by atoms with Crippen LogP contribution in [-0.4, -0.2) is 56.6 Å². The molecule has 3 aromatic carbocycles. The van der Waals surface area contributed by atoms with Crippen LogP contribution in [0, 0.1) is 11.8 Å². The van der Waals surface area contributed by atoms with Crippen LogP contribution in [0.25, 0.3) is 10.2 Å². The van der Waals surface area contributed by atoms with Crippen LogP contribution in [0.4, 0.5) is 5.13 Å². The van der Waals surface area contributed by atoms with Crippen molar-refractivity contribution in [2.45, 2.75) is 39.5 Å². The smallest absolute Gasteiger partial charge is 0.280 e. The van der Waals surface area contributed by atoms with Gasteiger partial charge in [-0.1, -0.05) is 39.0 Å². The third-order valence-corrected chi connectivity index (χ3v) is 9.19. The maximum Gasteiger partial charge on any atom is 0.280 e. The van der Waals surface area contributed by atoms with Crippen molar-refractivity contribution in [1.29, 1.82) is 0 Å². The Bertz CT molecular complexity index is 1650. The van der Waals surface area contributed by atoms with Gasteiger partial charge in [0, 0.05) is 18.7 Å². The zero-order valence-corrected chi connectivity index (χ0v) is 27.0. The van der Waals surface area contributed by atoms with E-state index in [9.17, 15) is 13.2 Å². The molecule has 0 N–H and O–H groups in total. The molecule has 4 rings (SSSR count). The number of rotatable bonds is 13. The van der Waals surface area contributed by atoms with Crippen molar-refractivity contribution in [2.24, 2.45) is 16.9 Å². The van der Waals surface area contributed by atoms with Crippen molar-refractivity contribution in [3.63, 3.8) is 0 Å². The fourth-order valence-corrected chi connectivity index (χ4v) is 7.08. The maximum atomic E-state index is 13.9. The molecule has 9 nitrogen and oxygen atoms in total. The average molecular weight is 623 g/mol. The van der Waals surface area contributed by atoms with Gasteiger partial charge in [0.05, 0.1) is 35.0 Å². The number of hydrogen-bond donors (Lipinski definition) is 0. The molecule has 228 valence electrons. The molecule has 0 saturated carbocycles. The van der Waals surface area contributed by atoms with Gasteiger partial charge in [-0.2, -0.15) is 14.4 Å². The molecule has 43 heavy (non-hydrogen) atoms. The fraction of sp³-hybridized carbons (Fsp3) is 0.344. The summed E-state index contributed by atoms with van der Waals surface area (Å²) < 4.78 is 40.2. The number of anilines is 1. The Labute approximate surface area is 257 Å². The Hall–Kier alpha value is -3.80. The molecule has 0 aliphatic heterocycles. The summed E-state index contributed by atoms with van der Waals surface area (Å²) in [6.07, 6.45) is 1.58. The molecule has 0 unspecified atom stereocenters. The van der Waals surface area contributed by atoms with E-state index in [2.05, 4.69) is 10.1 Å². The van der Waals surface area contributed by atoms with E-state index in [0.29, 0.717) is 36.1 Å². The van der Waals surface area contributed by atoms with E-state index in [-0.39, 0.29) is 22.3 Å². The summed E-state index contributed by atoms with van der Waals surface area (Å²) >= 11 is 1.30. The highest BCUT2D eigenvalue weighted by molar-refractivity contribution is 7.89. The van der Waals surface area contributed by atoms with Crippen molar-refractivity contribution >= 4 is 48.8 Å². The van der Waals surface area contributed by atoms with Crippen molar-refractivity contribution in [1.82, 2.24) is 9.29 Å². The van der Waals surface area contributed by atoms with Gasteiger partial charge in [0.2, 0.25) is 15.2 Å². The molecule has 0 atom stereocenters. The Morgan fingerprint density at radius 1 is 0.953 bits per heavy atom. The predicted octanol–water partition coefficient (Wildman–Crippen LogP) is 6.69. The molecule has 0 radical (unpaired) electrons. The number of thiazole rings is 1. The van der Waals surface area contributed by atoms with Crippen LogP contribution in [0.15, 0.2) is 76.7 Å². The normalized spacial score (nSPS) is 12.1. The van der Waals surface area contributed by atoms with Crippen molar-refractivity contribution in [2.75, 3.05) is 31.8 Å². The molecule has 0 spiro atoms. The number of amides is 1. The maximum absolute atomic E-state index is 13.9. The Balaban J connectivity index is 1.68. The number of nitrogens with zero attached hydrogens (tertiary/aromatic N) is 4. The van der Waals surface area contributed by atoms with Crippen molar-refractivity contribution in [3.05, 3.63) is 77.9 Å². The highest BCUT2D eigenvalue weighted by Gasteiger charge is 2.27. The largest absolute Gasteiger partial charge is 0.497 e. The van der Waals surface area contributed by atoms with Crippen LogP contribution in [0.3, 0.4) is 0 Å². The first-order valence-electron chi connectivity index (χ1n) is 14.2. The zero-order valence-electron chi connectivity index (χ0n) is 25.4. The lowest BCUT2D eigenvalue weighted by atomic mass is 10.2. The molecule has 0 fully saturated rings. The highest BCUT2D eigenvalue weighted by atomic mass is 32.2. The molecule has 0 aliphatic rings. The third-order valence-electron chi connectivity index (χ3n) is 6.35. The van der Waals surface area contributed by atoms with Gasteiger partial charge in [0.25, 0.3) is 5.91 Å². The molecule has 0 saturated heterocycles. The van der Waals surface area contributed by atoms with E-state index in [4.69, 9.17) is 9.47 Å². The van der Waals surface area contributed by atoms with Crippen LogP contribution in [0.5, 0.6) is 11.5 Å². The summed E-state index contributed by atoms with van der Waals surface area (Å²) in [5.74, 6) is 1.32.